The molecule has 19 heavy (non-hydrogen) atoms. The van der Waals surface area contributed by atoms with Crippen LogP contribution in [0.4, 0.5) is 5.69 Å². The summed E-state index contributed by atoms with van der Waals surface area (Å²) < 4.78 is 2.07. The van der Waals surface area contributed by atoms with Crippen LogP contribution in [0.3, 0.4) is 0 Å². The van der Waals surface area contributed by atoms with Gasteiger partial charge in [0, 0.05) is 30.9 Å². The molecule has 0 aromatic carbocycles. The van der Waals surface area contributed by atoms with Gasteiger partial charge in [0.2, 0.25) is 0 Å². The second-order valence-corrected chi connectivity index (χ2v) is 5.98. The van der Waals surface area contributed by atoms with Crippen molar-refractivity contribution in [1.29, 1.82) is 0 Å². The molecule has 3 nitrogen and oxygen atoms in total. The molecule has 98 valence electrons. The van der Waals surface area contributed by atoms with Crippen molar-refractivity contribution < 1.29 is 4.57 Å². The zero-order chi connectivity index (χ0) is 13.2. The predicted octanol–water partition coefficient (Wildman–Crippen LogP) is 2.97. The average molecular weight is 272 g/mol. The number of hydrogen-bond donors (Lipinski definition) is 0. The van der Waals surface area contributed by atoms with E-state index >= 15 is 0 Å². The number of anilines is 1. The third-order valence-corrected chi connectivity index (χ3v) is 4.52. The summed E-state index contributed by atoms with van der Waals surface area (Å²) in [5.74, 6) is 0. The minimum Gasteiger partial charge on any atom is -0.371 e. The number of aryl methyl sites for hydroxylation is 1. The molecule has 0 saturated carbocycles. The SMILES string of the molecule is C=Cc1nc(-[n+]2ccc(N3CCCC3)cc2)sc1C. The first kappa shape index (κ1) is 12.4. The third kappa shape index (κ3) is 2.40. The minimum atomic E-state index is 0.983. The van der Waals surface area contributed by atoms with Gasteiger partial charge in [0.05, 0.1) is 17.3 Å². The lowest BCUT2D eigenvalue weighted by molar-refractivity contribution is -0.595. The number of hydrogen-bond acceptors (Lipinski definition) is 3. The van der Waals surface area contributed by atoms with Gasteiger partial charge >= 0.3 is 5.13 Å². The Morgan fingerprint density at radius 1 is 1.32 bits per heavy atom. The highest BCUT2D eigenvalue weighted by Gasteiger charge is 2.17. The standard InChI is InChI=1S/C15H18N3S/c1-3-14-12(2)19-15(16-14)18-10-6-13(7-11-18)17-8-4-5-9-17/h3,6-7,10-11H,1,4-5,8-9H2,2H3/q+1. The Morgan fingerprint density at radius 3 is 2.58 bits per heavy atom. The fourth-order valence-corrected chi connectivity index (χ4v) is 3.30. The summed E-state index contributed by atoms with van der Waals surface area (Å²) in [5.41, 5.74) is 2.29. The summed E-state index contributed by atoms with van der Waals surface area (Å²) in [6, 6.07) is 4.35. The normalized spacial score (nSPS) is 14.9. The summed E-state index contributed by atoms with van der Waals surface area (Å²) in [4.78, 5) is 8.22. The number of pyridine rings is 1. The Balaban J connectivity index is 1.86. The van der Waals surface area contributed by atoms with Gasteiger partial charge in [-0.2, -0.15) is 4.57 Å². The van der Waals surface area contributed by atoms with Crippen LogP contribution in [0.15, 0.2) is 31.1 Å². The van der Waals surface area contributed by atoms with Gasteiger partial charge in [0.25, 0.3) is 0 Å². The van der Waals surface area contributed by atoms with Crippen LogP contribution in [0, 0.1) is 6.92 Å². The molecule has 0 radical (unpaired) electrons. The topological polar surface area (TPSA) is 20.0 Å². The van der Waals surface area contributed by atoms with Crippen molar-refractivity contribution in [3.63, 3.8) is 0 Å². The van der Waals surface area contributed by atoms with Crippen LogP contribution >= 0.6 is 11.3 Å². The van der Waals surface area contributed by atoms with Gasteiger partial charge in [-0.05, 0) is 42.2 Å². The van der Waals surface area contributed by atoms with E-state index in [9.17, 15) is 0 Å². The fraction of sp³-hybridized carbons (Fsp3) is 0.333. The molecule has 2 aromatic heterocycles. The van der Waals surface area contributed by atoms with Gasteiger partial charge in [-0.3, -0.25) is 0 Å². The molecule has 1 saturated heterocycles. The van der Waals surface area contributed by atoms with Gasteiger partial charge in [-0.25, -0.2) is 0 Å². The quantitative estimate of drug-likeness (QED) is 0.801. The van der Waals surface area contributed by atoms with E-state index in [-0.39, 0.29) is 0 Å². The van der Waals surface area contributed by atoms with Crippen molar-refractivity contribution in [2.24, 2.45) is 0 Å². The minimum absolute atomic E-state index is 0.983. The summed E-state index contributed by atoms with van der Waals surface area (Å²) in [5, 5.41) is 1.00. The molecule has 3 heterocycles. The molecule has 0 atom stereocenters. The zero-order valence-corrected chi connectivity index (χ0v) is 12.0. The first-order valence-corrected chi connectivity index (χ1v) is 7.46. The monoisotopic (exact) mass is 272 g/mol. The molecule has 4 heteroatoms. The van der Waals surface area contributed by atoms with Gasteiger partial charge < -0.3 is 4.90 Å². The van der Waals surface area contributed by atoms with E-state index in [2.05, 4.69) is 52.5 Å². The average Bonchev–Trinajstić information content (AvgIpc) is 3.08. The lowest BCUT2D eigenvalue weighted by Crippen LogP contribution is -2.30. The Hall–Kier alpha value is -1.68. The predicted molar refractivity (Wildman–Crippen MR) is 79.9 cm³/mol. The summed E-state index contributed by atoms with van der Waals surface area (Å²) in [7, 11) is 0. The van der Waals surface area contributed by atoms with Crippen molar-refractivity contribution in [3.8, 4) is 5.13 Å². The highest BCUT2D eigenvalue weighted by atomic mass is 32.1. The van der Waals surface area contributed by atoms with Gasteiger partial charge in [0.1, 0.15) is 0 Å². The molecule has 1 aliphatic heterocycles. The van der Waals surface area contributed by atoms with Crippen molar-refractivity contribution in [2.75, 3.05) is 18.0 Å². The van der Waals surface area contributed by atoms with Crippen LogP contribution in [-0.4, -0.2) is 18.1 Å². The third-order valence-electron chi connectivity index (χ3n) is 3.52. The lowest BCUT2D eigenvalue weighted by atomic mass is 10.3. The molecule has 3 rings (SSSR count). The molecule has 0 amide bonds. The van der Waals surface area contributed by atoms with Gasteiger partial charge in [0.15, 0.2) is 5.69 Å². The van der Waals surface area contributed by atoms with Crippen molar-refractivity contribution >= 4 is 23.1 Å². The molecule has 1 fully saturated rings. The van der Waals surface area contributed by atoms with Crippen LogP contribution in [0.25, 0.3) is 11.2 Å². The smallest absolute Gasteiger partial charge is 0.371 e. The first-order chi connectivity index (χ1) is 9.28. The maximum atomic E-state index is 4.58. The van der Waals surface area contributed by atoms with Crippen molar-refractivity contribution in [3.05, 3.63) is 41.7 Å². The number of rotatable bonds is 3. The van der Waals surface area contributed by atoms with E-state index in [1.54, 1.807) is 11.3 Å². The van der Waals surface area contributed by atoms with Crippen LogP contribution in [0.1, 0.15) is 23.4 Å². The second-order valence-electron chi connectivity index (χ2n) is 4.80. The number of aromatic nitrogens is 2. The molecule has 2 aromatic rings. The van der Waals surface area contributed by atoms with E-state index in [1.165, 1.54) is 36.5 Å². The second kappa shape index (κ2) is 5.13. The van der Waals surface area contributed by atoms with E-state index in [0.29, 0.717) is 0 Å². The molecule has 0 N–H and O–H groups in total. The highest BCUT2D eigenvalue weighted by molar-refractivity contribution is 7.13. The molecule has 0 spiro atoms. The van der Waals surface area contributed by atoms with Crippen molar-refractivity contribution in [2.45, 2.75) is 19.8 Å². The number of thiazole rings is 1. The van der Waals surface area contributed by atoms with Crippen LogP contribution in [0.2, 0.25) is 0 Å². The lowest BCUT2D eigenvalue weighted by Gasteiger charge is -2.16. The maximum Gasteiger partial charge on any atom is 0.387 e. The Labute approximate surface area is 117 Å². The Morgan fingerprint density at radius 2 is 2.00 bits per heavy atom. The van der Waals surface area contributed by atoms with Crippen molar-refractivity contribution in [1.82, 2.24) is 4.98 Å². The molecule has 0 unspecified atom stereocenters. The first-order valence-electron chi connectivity index (χ1n) is 6.64. The zero-order valence-electron chi connectivity index (χ0n) is 11.2. The molecule has 0 bridgehead atoms. The summed E-state index contributed by atoms with van der Waals surface area (Å²) >= 11 is 1.70. The van der Waals surface area contributed by atoms with E-state index in [4.69, 9.17) is 0 Å². The summed E-state index contributed by atoms with van der Waals surface area (Å²) in [6.45, 7) is 8.24. The summed E-state index contributed by atoms with van der Waals surface area (Å²) in [6.07, 6.45) is 8.62. The van der Waals surface area contributed by atoms with Crippen LogP contribution in [-0.2, 0) is 0 Å². The highest BCUT2D eigenvalue weighted by Crippen LogP contribution is 2.20. The maximum absolute atomic E-state index is 4.58. The Bertz CT molecular complexity index is 580. The largest absolute Gasteiger partial charge is 0.387 e. The van der Waals surface area contributed by atoms with E-state index in [0.717, 1.165) is 10.8 Å². The van der Waals surface area contributed by atoms with E-state index in [1.807, 2.05) is 6.08 Å². The molecule has 0 aliphatic carbocycles. The number of nitrogens with zero attached hydrogens (tertiary/aromatic N) is 3. The molecular weight excluding hydrogens is 254 g/mol. The van der Waals surface area contributed by atoms with Gasteiger partial charge in [-0.15, -0.1) is 0 Å². The fourth-order valence-electron chi connectivity index (χ4n) is 2.43. The van der Waals surface area contributed by atoms with E-state index < -0.39 is 0 Å². The van der Waals surface area contributed by atoms with Gasteiger partial charge in [-0.1, -0.05) is 6.58 Å². The Kier molecular flexibility index (Phi) is 3.34. The molecular formula is C15H18N3S+. The van der Waals surface area contributed by atoms with Crippen LogP contribution in [0.5, 0.6) is 0 Å². The van der Waals surface area contributed by atoms with Crippen LogP contribution < -0.4 is 9.47 Å². The molecule has 1 aliphatic rings.